The highest BCUT2D eigenvalue weighted by atomic mass is 14.9. The Morgan fingerprint density at radius 3 is 1.22 bits per heavy atom. The average molecular weight is 305 g/mol. The van der Waals surface area contributed by atoms with Crippen molar-refractivity contribution in [1.82, 2.24) is 5.32 Å². The van der Waals surface area contributed by atoms with Crippen molar-refractivity contribution < 1.29 is 0 Å². The Morgan fingerprint density at radius 2 is 0.913 bits per heavy atom. The molecular formula is C20H23N3. The molecule has 23 heavy (non-hydrogen) atoms. The topological polar surface area (TPSA) is 64.1 Å². The quantitative estimate of drug-likeness (QED) is 0.401. The standard InChI is InChI=1S/C16H10.C4H13N3/c1-3-11-7-9-13-5-2-6-14-10-8-12(4-1)15(11)16(13)14;5-1-3-7-4-2-6/h1-10H;7H,1-6H2. The highest BCUT2D eigenvalue weighted by Gasteiger charge is 2.05. The molecule has 0 unspecified atom stereocenters. The highest BCUT2D eigenvalue weighted by Crippen LogP contribution is 2.33. The summed E-state index contributed by atoms with van der Waals surface area (Å²) >= 11 is 0. The van der Waals surface area contributed by atoms with E-state index in [2.05, 4.69) is 66.0 Å². The molecule has 0 aliphatic rings. The Morgan fingerprint density at radius 1 is 0.565 bits per heavy atom. The van der Waals surface area contributed by atoms with Gasteiger partial charge in [0.05, 0.1) is 0 Å². The van der Waals surface area contributed by atoms with Gasteiger partial charge in [0.1, 0.15) is 0 Å². The van der Waals surface area contributed by atoms with E-state index in [4.69, 9.17) is 11.5 Å². The van der Waals surface area contributed by atoms with Gasteiger partial charge >= 0.3 is 0 Å². The van der Waals surface area contributed by atoms with Crippen LogP contribution in [0.1, 0.15) is 0 Å². The van der Waals surface area contributed by atoms with Crippen LogP contribution >= 0.6 is 0 Å². The van der Waals surface area contributed by atoms with Crippen LogP contribution in [-0.2, 0) is 0 Å². The number of benzene rings is 4. The van der Waals surface area contributed by atoms with E-state index in [-0.39, 0.29) is 0 Å². The summed E-state index contributed by atoms with van der Waals surface area (Å²) in [6.07, 6.45) is 0. The summed E-state index contributed by atoms with van der Waals surface area (Å²) in [6, 6.07) is 21.9. The summed E-state index contributed by atoms with van der Waals surface area (Å²) in [7, 11) is 0. The van der Waals surface area contributed by atoms with E-state index >= 15 is 0 Å². The van der Waals surface area contributed by atoms with Crippen molar-refractivity contribution in [3.05, 3.63) is 60.7 Å². The van der Waals surface area contributed by atoms with Crippen molar-refractivity contribution in [1.29, 1.82) is 0 Å². The Balaban J connectivity index is 0.000000193. The van der Waals surface area contributed by atoms with Gasteiger partial charge in [0.25, 0.3) is 0 Å². The number of nitrogens with one attached hydrogen (secondary N) is 1. The lowest BCUT2D eigenvalue weighted by Crippen LogP contribution is -2.27. The maximum atomic E-state index is 5.17. The van der Waals surface area contributed by atoms with Crippen molar-refractivity contribution in [2.24, 2.45) is 11.5 Å². The molecule has 0 aromatic heterocycles. The van der Waals surface area contributed by atoms with E-state index in [9.17, 15) is 0 Å². The first-order chi connectivity index (χ1) is 11.3. The molecule has 4 aromatic rings. The molecule has 0 aliphatic heterocycles. The zero-order valence-corrected chi connectivity index (χ0v) is 13.3. The van der Waals surface area contributed by atoms with Gasteiger partial charge in [0, 0.05) is 26.2 Å². The van der Waals surface area contributed by atoms with Crippen LogP contribution in [0.25, 0.3) is 32.3 Å². The van der Waals surface area contributed by atoms with Crippen molar-refractivity contribution in [3.8, 4) is 0 Å². The summed E-state index contributed by atoms with van der Waals surface area (Å²) in [5.74, 6) is 0. The van der Waals surface area contributed by atoms with Gasteiger partial charge in [-0.3, -0.25) is 0 Å². The van der Waals surface area contributed by atoms with Crippen molar-refractivity contribution in [2.45, 2.75) is 0 Å². The number of hydrogen-bond donors (Lipinski definition) is 3. The molecule has 3 nitrogen and oxygen atoms in total. The summed E-state index contributed by atoms with van der Waals surface area (Å²) in [4.78, 5) is 0. The molecule has 0 bridgehead atoms. The third-order valence-corrected chi connectivity index (χ3v) is 4.03. The molecule has 0 saturated heterocycles. The van der Waals surface area contributed by atoms with Gasteiger partial charge in [-0.2, -0.15) is 0 Å². The first-order valence-electron chi connectivity index (χ1n) is 8.08. The van der Waals surface area contributed by atoms with Gasteiger partial charge in [0.2, 0.25) is 0 Å². The van der Waals surface area contributed by atoms with Crippen LogP contribution in [0.15, 0.2) is 60.7 Å². The Labute approximate surface area is 136 Å². The molecular weight excluding hydrogens is 282 g/mol. The molecule has 0 atom stereocenters. The van der Waals surface area contributed by atoms with Crippen LogP contribution in [0.2, 0.25) is 0 Å². The van der Waals surface area contributed by atoms with E-state index in [1.807, 2.05) is 0 Å². The molecule has 0 heterocycles. The lowest BCUT2D eigenvalue weighted by Gasteiger charge is -2.09. The molecule has 0 radical (unpaired) electrons. The van der Waals surface area contributed by atoms with Gasteiger partial charge in [-0.05, 0) is 32.3 Å². The number of hydrogen-bond acceptors (Lipinski definition) is 3. The van der Waals surface area contributed by atoms with E-state index in [0.717, 1.165) is 13.1 Å². The van der Waals surface area contributed by atoms with Crippen LogP contribution in [0.3, 0.4) is 0 Å². The minimum Gasteiger partial charge on any atom is -0.329 e. The van der Waals surface area contributed by atoms with Crippen LogP contribution in [0.4, 0.5) is 0 Å². The maximum Gasteiger partial charge on any atom is 0.00750 e. The summed E-state index contributed by atoms with van der Waals surface area (Å²) in [6.45, 7) is 3.13. The molecule has 0 aliphatic carbocycles. The fraction of sp³-hybridized carbons (Fsp3) is 0.200. The second-order valence-electron chi connectivity index (χ2n) is 5.62. The molecule has 0 fully saturated rings. The highest BCUT2D eigenvalue weighted by molar-refractivity contribution is 6.22. The van der Waals surface area contributed by atoms with Crippen LogP contribution in [0.5, 0.6) is 0 Å². The molecule has 5 N–H and O–H groups in total. The minimum atomic E-state index is 0.694. The molecule has 4 aromatic carbocycles. The van der Waals surface area contributed by atoms with Crippen LogP contribution in [-0.4, -0.2) is 26.2 Å². The van der Waals surface area contributed by atoms with Gasteiger partial charge in [-0.1, -0.05) is 60.7 Å². The Kier molecular flexibility index (Phi) is 5.03. The van der Waals surface area contributed by atoms with Crippen LogP contribution < -0.4 is 16.8 Å². The second-order valence-corrected chi connectivity index (χ2v) is 5.62. The fourth-order valence-corrected chi connectivity index (χ4v) is 3.00. The molecule has 0 amide bonds. The predicted octanol–water partition coefficient (Wildman–Crippen LogP) is 3.08. The monoisotopic (exact) mass is 305 g/mol. The maximum absolute atomic E-state index is 5.17. The Hall–Kier alpha value is -2.20. The average Bonchev–Trinajstić information content (AvgIpc) is 2.61. The van der Waals surface area contributed by atoms with Crippen LogP contribution in [0, 0.1) is 0 Å². The molecule has 4 rings (SSSR count). The van der Waals surface area contributed by atoms with Crippen molar-refractivity contribution in [2.75, 3.05) is 26.2 Å². The third-order valence-electron chi connectivity index (χ3n) is 4.03. The Bertz CT molecular complexity index is 752. The van der Waals surface area contributed by atoms with Gasteiger partial charge in [-0.25, -0.2) is 0 Å². The smallest absolute Gasteiger partial charge is 0.00750 e. The first-order valence-corrected chi connectivity index (χ1v) is 8.08. The zero-order chi connectivity index (χ0) is 16.1. The van der Waals surface area contributed by atoms with Crippen molar-refractivity contribution >= 4 is 32.3 Å². The van der Waals surface area contributed by atoms with E-state index < -0.39 is 0 Å². The van der Waals surface area contributed by atoms with Gasteiger partial charge in [-0.15, -0.1) is 0 Å². The third kappa shape index (κ3) is 3.27. The summed E-state index contributed by atoms with van der Waals surface area (Å²) in [5.41, 5.74) is 10.3. The lowest BCUT2D eigenvalue weighted by atomic mass is 9.95. The van der Waals surface area contributed by atoms with Crippen molar-refractivity contribution in [3.63, 3.8) is 0 Å². The second kappa shape index (κ2) is 7.38. The van der Waals surface area contributed by atoms with E-state index in [1.54, 1.807) is 0 Å². The summed E-state index contributed by atoms with van der Waals surface area (Å²) < 4.78 is 0. The van der Waals surface area contributed by atoms with E-state index in [0.29, 0.717) is 13.1 Å². The summed E-state index contributed by atoms with van der Waals surface area (Å²) in [5, 5.41) is 11.2. The molecule has 118 valence electrons. The lowest BCUT2D eigenvalue weighted by molar-refractivity contribution is 0.696. The largest absolute Gasteiger partial charge is 0.329 e. The molecule has 0 saturated carbocycles. The zero-order valence-electron chi connectivity index (χ0n) is 13.3. The van der Waals surface area contributed by atoms with Gasteiger partial charge < -0.3 is 16.8 Å². The van der Waals surface area contributed by atoms with E-state index in [1.165, 1.54) is 32.3 Å². The predicted molar refractivity (Wildman–Crippen MR) is 101 cm³/mol. The SMILES string of the molecule is NCCNCCN.c1cc2ccc3cccc4ccc(c1)c2c34. The normalized spacial score (nSPS) is 11.0. The minimum absolute atomic E-state index is 0.694. The fourth-order valence-electron chi connectivity index (χ4n) is 3.00. The van der Waals surface area contributed by atoms with Gasteiger partial charge in [0.15, 0.2) is 0 Å². The number of nitrogens with two attached hydrogens (primary N) is 2. The first kappa shape index (κ1) is 15.7. The molecule has 3 heteroatoms. The molecule has 0 spiro atoms. The number of rotatable bonds is 4.